The quantitative estimate of drug-likeness (QED) is 0.331. The fourth-order valence-electron chi connectivity index (χ4n) is 6.96. The summed E-state index contributed by atoms with van der Waals surface area (Å²) in [6.45, 7) is 21.3. The van der Waals surface area contributed by atoms with Crippen LogP contribution in [0.5, 0.6) is 0 Å². The Morgan fingerprint density at radius 1 is 0.778 bits per heavy atom. The number of H-pyrrole nitrogens is 2. The van der Waals surface area contributed by atoms with Gasteiger partial charge in [0.1, 0.15) is 11.5 Å². The molecule has 0 amide bonds. The van der Waals surface area contributed by atoms with E-state index in [1.54, 1.807) is 0 Å². The summed E-state index contributed by atoms with van der Waals surface area (Å²) < 4.78 is 5.89. The molecule has 2 N–H and O–H groups in total. The van der Waals surface area contributed by atoms with Crippen LogP contribution >= 0.6 is 0 Å². The molecule has 45 heavy (non-hydrogen) atoms. The molecule has 0 fully saturated rings. The third-order valence-corrected chi connectivity index (χ3v) is 10.5. The lowest BCUT2D eigenvalue weighted by Crippen LogP contribution is -2.42. The number of hydrogen-bond donors (Lipinski definition) is 2. The normalized spacial score (nSPS) is 20.9. The van der Waals surface area contributed by atoms with Crippen molar-refractivity contribution in [3.63, 3.8) is 0 Å². The number of aliphatic imine (C=N–C) groups is 2. The number of esters is 1. The first-order chi connectivity index (χ1) is 21.4. The molecule has 0 spiro atoms. The Hall–Kier alpha value is -4.45. The predicted octanol–water partition coefficient (Wildman–Crippen LogP) is 6.60. The highest BCUT2D eigenvalue weighted by molar-refractivity contribution is 6.23. The first-order valence-electron chi connectivity index (χ1n) is 15.9. The molecular formula is C39H44N4O2. The van der Waals surface area contributed by atoms with Crippen LogP contribution < -0.4 is 10.7 Å². The highest BCUT2D eigenvalue weighted by atomic mass is 16.5. The minimum atomic E-state index is -0.898. The number of fused-ring (bicyclic) bond motifs is 6. The number of carbonyl (C=O) groups is 1. The van der Waals surface area contributed by atoms with Crippen molar-refractivity contribution < 1.29 is 9.53 Å². The minimum Gasteiger partial charge on any atom is -0.465 e. The van der Waals surface area contributed by atoms with Gasteiger partial charge in [-0.2, -0.15) is 0 Å². The standard InChI is InChI=1S/C39H44N4O2/c1-11-45-38(44)36-37-26(8)25(7)34(42-37)17-32-22(4)21(3)30(40-32)16-31-23(5)24(6)33(41-31)18-35-27(9)28(10)39(36,43-35)19-29-14-12-20(2)13-15-29/h12-18,36,40,42H,11,19H2,1-10H3/t36-,39+/m0/s1. The molecule has 3 aliphatic heterocycles. The molecule has 232 valence electrons. The molecule has 3 aliphatic rings. The van der Waals surface area contributed by atoms with E-state index >= 15 is 0 Å². The van der Waals surface area contributed by atoms with Crippen LogP contribution in [-0.2, 0) is 16.0 Å². The number of aromatic amines is 2. The van der Waals surface area contributed by atoms with Crippen molar-refractivity contribution >= 4 is 29.5 Å². The van der Waals surface area contributed by atoms with Gasteiger partial charge in [0.15, 0.2) is 0 Å². The maximum atomic E-state index is 14.3. The number of benzene rings is 1. The minimum absolute atomic E-state index is 0.275. The maximum Gasteiger partial charge on any atom is 0.317 e. The summed E-state index contributed by atoms with van der Waals surface area (Å²) in [6, 6.07) is 8.56. The number of nitrogens with zero attached hydrogens (tertiary/aromatic N) is 2. The zero-order valence-electron chi connectivity index (χ0n) is 28.2. The second kappa shape index (κ2) is 11.2. The van der Waals surface area contributed by atoms with Gasteiger partial charge in [0.05, 0.1) is 23.7 Å². The molecule has 0 radical (unpaired) electrons. The third kappa shape index (κ3) is 4.91. The Balaban J connectivity index is 1.73. The van der Waals surface area contributed by atoms with Crippen LogP contribution in [-0.4, -0.2) is 39.5 Å². The number of aryl methyl sites for hydroxylation is 1. The van der Waals surface area contributed by atoms with Crippen LogP contribution in [0.3, 0.4) is 0 Å². The second-order valence-electron chi connectivity index (χ2n) is 13.0. The second-order valence-corrected chi connectivity index (χ2v) is 13.0. The van der Waals surface area contributed by atoms with Gasteiger partial charge in [0, 0.05) is 28.5 Å². The summed E-state index contributed by atoms with van der Waals surface area (Å²) in [7, 11) is 0. The third-order valence-electron chi connectivity index (χ3n) is 10.5. The highest BCUT2D eigenvalue weighted by Gasteiger charge is 2.51. The first kappa shape index (κ1) is 30.6. The Kier molecular flexibility index (Phi) is 7.59. The van der Waals surface area contributed by atoms with Gasteiger partial charge in [-0.3, -0.25) is 9.79 Å². The molecule has 2 atom stereocenters. The number of rotatable bonds is 4. The smallest absolute Gasteiger partial charge is 0.317 e. The van der Waals surface area contributed by atoms with Gasteiger partial charge >= 0.3 is 5.97 Å². The van der Waals surface area contributed by atoms with E-state index in [0.717, 1.165) is 78.2 Å². The van der Waals surface area contributed by atoms with E-state index in [-0.39, 0.29) is 12.6 Å². The van der Waals surface area contributed by atoms with Crippen molar-refractivity contribution in [1.29, 1.82) is 0 Å². The van der Waals surface area contributed by atoms with E-state index in [2.05, 4.69) is 115 Å². The fourth-order valence-corrected chi connectivity index (χ4v) is 6.96. The largest absolute Gasteiger partial charge is 0.465 e. The van der Waals surface area contributed by atoms with Gasteiger partial charge in [-0.1, -0.05) is 29.8 Å². The monoisotopic (exact) mass is 600 g/mol. The fraction of sp³-hybridized carbons (Fsp3) is 0.359. The first-order valence-corrected chi connectivity index (χ1v) is 15.9. The van der Waals surface area contributed by atoms with E-state index < -0.39 is 11.5 Å². The molecule has 1 aromatic carbocycles. The van der Waals surface area contributed by atoms with E-state index in [4.69, 9.17) is 14.7 Å². The van der Waals surface area contributed by atoms with Crippen molar-refractivity contribution in [3.05, 3.63) is 114 Å². The van der Waals surface area contributed by atoms with Crippen LogP contribution in [0, 0.1) is 34.6 Å². The maximum absolute atomic E-state index is 14.3. The van der Waals surface area contributed by atoms with E-state index in [9.17, 15) is 4.79 Å². The van der Waals surface area contributed by atoms with Crippen molar-refractivity contribution in [2.24, 2.45) is 9.98 Å². The average Bonchev–Trinajstić information content (AvgIpc) is 3.61. The van der Waals surface area contributed by atoms with Gasteiger partial charge in [-0.25, -0.2) is 4.99 Å². The van der Waals surface area contributed by atoms with Crippen LogP contribution in [0.25, 0.3) is 12.2 Å². The van der Waals surface area contributed by atoms with Crippen molar-refractivity contribution in [1.82, 2.24) is 9.97 Å². The number of allylic oxidation sites excluding steroid dienone is 4. The molecule has 6 heteroatoms. The van der Waals surface area contributed by atoms with Crippen LogP contribution in [0.2, 0.25) is 0 Å². The lowest BCUT2D eigenvalue weighted by molar-refractivity contribution is -0.146. The molecule has 0 saturated carbocycles. The molecular weight excluding hydrogens is 556 g/mol. The molecule has 0 unspecified atom stereocenters. The SMILES string of the molecule is CCOC(=O)[C@@H]1c2[nH]c(c(C)c2C)C=c2[nH]c(c(C)c2C)=CC2=NC(=CC3=N[C@]1(Cc1ccc(C)cc1)C(C)=C3C)C(C)=C2C. The van der Waals surface area contributed by atoms with E-state index in [1.807, 2.05) is 6.92 Å². The Morgan fingerprint density at radius 3 is 2.11 bits per heavy atom. The van der Waals surface area contributed by atoms with Crippen molar-refractivity contribution in [2.45, 2.75) is 87.1 Å². The zero-order valence-corrected chi connectivity index (χ0v) is 28.2. The molecule has 0 saturated heterocycles. The zero-order chi connectivity index (χ0) is 32.4. The Morgan fingerprint density at radius 2 is 1.44 bits per heavy atom. The molecule has 0 aliphatic carbocycles. The summed E-state index contributed by atoms with van der Waals surface area (Å²) in [5.41, 5.74) is 14.9. The number of hydrogen-bond acceptors (Lipinski definition) is 4. The molecule has 5 heterocycles. The number of nitrogens with one attached hydrogen (secondary N) is 2. The molecule has 6 nitrogen and oxygen atoms in total. The highest BCUT2D eigenvalue weighted by Crippen LogP contribution is 2.48. The van der Waals surface area contributed by atoms with Crippen molar-refractivity contribution in [2.75, 3.05) is 6.61 Å². The van der Waals surface area contributed by atoms with Crippen molar-refractivity contribution in [3.8, 4) is 0 Å². The Labute approximate surface area is 266 Å². The lowest BCUT2D eigenvalue weighted by atomic mass is 9.72. The number of ether oxygens (including phenoxy) is 1. The van der Waals surface area contributed by atoms with Crippen LogP contribution in [0.15, 0.2) is 68.3 Å². The van der Waals surface area contributed by atoms with Gasteiger partial charge < -0.3 is 14.7 Å². The molecule has 6 rings (SSSR count). The van der Waals surface area contributed by atoms with Gasteiger partial charge in [-0.15, -0.1) is 0 Å². The summed E-state index contributed by atoms with van der Waals surface area (Å²) in [5, 5.41) is 2.08. The van der Waals surface area contributed by atoms with E-state index in [1.165, 1.54) is 16.7 Å². The van der Waals surface area contributed by atoms with Gasteiger partial charge in [-0.05, 0) is 138 Å². The molecule has 8 bridgehead atoms. The van der Waals surface area contributed by atoms with Gasteiger partial charge in [0.2, 0.25) is 0 Å². The van der Waals surface area contributed by atoms with E-state index in [0.29, 0.717) is 6.42 Å². The summed E-state index contributed by atoms with van der Waals surface area (Å²) in [6.07, 6.45) is 6.98. The molecule has 2 aromatic heterocycles. The van der Waals surface area contributed by atoms with Crippen LogP contribution in [0.1, 0.15) is 85.3 Å². The summed E-state index contributed by atoms with van der Waals surface area (Å²) in [5.74, 6) is -0.960. The number of carbonyl (C=O) groups excluding carboxylic acids is 1. The summed E-state index contributed by atoms with van der Waals surface area (Å²) in [4.78, 5) is 32.4. The average molecular weight is 601 g/mol. The Bertz CT molecular complexity index is 2040. The number of aromatic nitrogens is 2. The molecule has 3 aromatic rings. The predicted molar refractivity (Wildman–Crippen MR) is 185 cm³/mol. The summed E-state index contributed by atoms with van der Waals surface area (Å²) >= 11 is 0. The van der Waals surface area contributed by atoms with Gasteiger partial charge in [0.25, 0.3) is 0 Å². The topological polar surface area (TPSA) is 82.6 Å². The lowest BCUT2D eigenvalue weighted by Gasteiger charge is -2.36. The van der Waals surface area contributed by atoms with Crippen LogP contribution in [0.4, 0.5) is 0 Å².